The van der Waals surface area contributed by atoms with Gasteiger partial charge in [0.05, 0.1) is 7.11 Å². The van der Waals surface area contributed by atoms with Crippen molar-refractivity contribution in [2.45, 2.75) is 39.3 Å². The summed E-state index contributed by atoms with van der Waals surface area (Å²) in [5.41, 5.74) is 1.11. The summed E-state index contributed by atoms with van der Waals surface area (Å²) in [5.74, 6) is 2.79. The third-order valence-corrected chi connectivity index (χ3v) is 4.99. The quantitative estimate of drug-likeness (QED) is 0.894. The van der Waals surface area contributed by atoms with Gasteiger partial charge in [-0.05, 0) is 30.0 Å². The highest BCUT2D eigenvalue weighted by molar-refractivity contribution is 5.73. The minimum Gasteiger partial charge on any atom is -0.493 e. The molecule has 0 spiro atoms. The highest BCUT2D eigenvalue weighted by Gasteiger charge is 2.29. The minimum absolute atomic E-state index is 0.174. The second-order valence-electron chi connectivity index (χ2n) is 6.44. The van der Waals surface area contributed by atoms with E-state index >= 15 is 0 Å². The van der Waals surface area contributed by atoms with Gasteiger partial charge in [0, 0.05) is 32.6 Å². The number of hydrogen-bond acceptors (Lipinski definition) is 5. The smallest absolute Gasteiger partial charge is 0.231 e. The lowest BCUT2D eigenvalue weighted by atomic mass is 9.89. The Bertz CT molecular complexity index is 605. The molecule has 2 aliphatic rings. The monoisotopic (exact) mass is 334 g/mol. The highest BCUT2D eigenvalue weighted by Crippen LogP contribution is 2.41. The Labute approximate surface area is 143 Å². The maximum Gasteiger partial charge on any atom is 0.231 e. The Morgan fingerprint density at radius 2 is 2.25 bits per heavy atom. The molecule has 6 nitrogen and oxygen atoms in total. The summed E-state index contributed by atoms with van der Waals surface area (Å²) in [6.45, 7) is 6.49. The van der Waals surface area contributed by atoms with Crippen LogP contribution < -0.4 is 19.5 Å². The molecule has 3 rings (SSSR count). The van der Waals surface area contributed by atoms with Gasteiger partial charge in [-0.2, -0.15) is 0 Å². The molecular weight excluding hydrogens is 308 g/mol. The number of amides is 1. The van der Waals surface area contributed by atoms with Crippen molar-refractivity contribution in [3.05, 3.63) is 17.7 Å². The number of nitrogens with zero attached hydrogens (tertiary/aromatic N) is 1. The summed E-state index contributed by atoms with van der Waals surface area (Å²) in [5, 5.41) is 3.65. The molecule has 0 radical (unpaired) electrons. The van der Waals surface area contributed by atoms with Crippen molar-refractivity contribution in [3.8, 4) is 17.2 Å². The fourth-order valence-electron chi connectivity index (χ4n) is 3.54. The van der Waals surface area contributed by atoms with Crippen LogP contribution in [-0.2, 0) is 11.3 Å². The molecule has 2 heterocycles. The number of piperidine rings is 1. The van der Waals surface area contributed by atoms with Gasteiger partial charge < -0.3 is 24.4 Å². The summed E-state index contributed by atoms with van der Waals surface area (Å²) < 4.78 is 16.3. The van der Waals surface area contributed by atoms with Crippen molar-refractivity contribution in [2.24, 2.45) is 5.92 Å². The van der Waals surface area contributed by atoms with Crippen LogP contribution in [0.15, 0.2) is 12.1 Å². The van der Waals surface area contributed by atoms with Crippen LogP contribution in [0.1, 0.15) is 32.3 Å². The summed E-state index contributed by atoms with van der Waals surface area (Å²) >= 11 is 0. The Hall–Kier alpha value is -1.95. The Kier molecular flexibility index (Phi) is 5.14. The predicted octanol–water partition coefficient (Wildman–Crippen LogP) is 2.16. The number of methoxy groups -OCH3 is 1. The van der Waals surface area contributed by atoms with Gasteiger partial charge in [0.15, 0.2) is 11.5 Å². The van der Waals surface area contributed by atoms with Gasteiger partial charge in [-0.1, -0.05) is 13.3 Å². The van der Waals surface area contributed by atoms with Crippen LogP contribution in [0, 0.1) is 5.92 Å². The normalized spacial score (nSPS) is 22.5. The summed E-state index contributed by atoms with van der Waals surface area (Å²) in [4.78, 5) is 13.5. The average molecular weight is 334 g/mol. The third-order valence-electron chi connectivity index (χ3n) is 4.99. The number of ether oxygens (including phenoxy) is 3. The molecule has 1 saturated heterocycles. The zero-order chi connectivity index (χ0) is 17.1. The van der Waals surface area contributed by atoms with Crippen LogP contribution in [0.3, 0.4) is 0 Å². The van der Waals surface area contributed by atoms with Crippen LogP contribution >= 0.6 is 0 Å². The molecule has 2 unspecified atom stereocenters. The van der Waals surface area contributed by atoms with E-state index in [0.717, 1.165) is 43.8 Å². The Morgan fingerprint density at radius 1 is 1.42 bits per heavy atom. The minimum atomic E-state index is 0.174. The summed E-state index contributed by atoms with van der Waals surface area (Å²) in [6, 6.07) is 4.41. The van der Waals surface area contributed by atoms with Crippen LogP contribution in [0.4, 0.5) is 0 Å². The van der Waals surface area contributed by atoms with E-state index in [0.29, 0.717) is 23.5 Å². The third kappa shape index (κ3) is 3.43. The van der Waals surface area contributed by atoms with Gasteiger partial charge in [-0.3, -0.25) is 4.79 Å². The second-order valence-corrected chi connectivity index (χ2v) is 6.44. The van der Waals surface area contributed by atoms with Gasteiger partial charge in [0.1, 0.15) is 0 Å². The molecule has 2 atom stereocenters. The van der Waals surface area contributed by atoms with Gasteiger partial charge in [-0.25, -0.2) is 0 Å². The molecule has 0 saturated carbocycles. The molecule has 1 amide bonds. The standard InChI is InChI=1S/C18H26N2O4/c1-4-14-10-20(12(2)21)6-5-15(14)19-9-13-7-16(22-3)18-17(8-13)23-11-24-18/h7-8,14-15,19H,4-6,9-11H2,1-3H3. The Balaban J connectivity index is 1.64. The van der Waals surface area contributed by atoms with Crippen LogP contribution in [0.2, 0.25) is 0 Å². The lowest BCUT2D eigenvalue weighted by molar-refractivity contribution is -0.131. The van der Waals surface area contributed by atoms with Gasteiger partial charge in [0.2, 0.25) is 18.4 Å². The van der Waals surface area contributed by atoms with Crippen molar-refractivity contribution in [1.29, 1.82) is 0 Å². The number of likely N-dealkylation sites (tertiary alicyclic amines) is 1. The first kappa shape index (κ1) is 16.9. The molecule has 1 aromatic rings. The van der Waals surface area contributed by atoms with E-state index in [1.165, 1.54) is 0 Å². The summed E-state index contributed by atoms with van der Waals surface area (Å²) in [6.07, 6.45) is 2.05. The molecule has 1 N–H and O–H groups in total. The van der Waals surface area contributed by atoms with Gasteiger partial charge in [-0.15, -0.1) is 0 Å². The molecule has 1 fully saturated rings. The number of rotatable bonds is 5. The van der Waals surface area contributed by atoms with E-state index in [2.05, 4.69) is 12.2 Å². The zero-order valence-electron chi connectivity index (χ0n) is 14.6. The average Bonchev–Trinajstić information content (AvgIpc) is 3.07. The second kappa shape index (κ2) is 7.30. The maximum absolute atomic E-state index is 11.6. The molecule has 1 aromatic carbocycles. The molecule has 0 aromatic heterocycles. The molecule has 132 valence electrons. The molecule has 6 heteroatoms. The number of nitrogens with one attached hydrogen (secondary N) is 1. The van der Waals surface area contributed by atoms with Crippen molar-refractivity contribution < 1.29 is 19.0 Å². The maximum atomic E-state index is 11.6. The van der Waals surface area contributed by atoms with Crippen molar-refractivity contribution in [3.63, 3.8) is 0 Å². The van der Waals surface area contributed by atoms with E-state index in [1.807, 2.05) is 17.0 Å². The lowest BCUT2D eigenvalue weighted by Gasteiger charge is -2.38. The Morgan fingerprint density at radius 3 is 2.96 bits per heavy atom. The van der Waals surface area contributed by atoms with Crippen LogP contribution in [-0.4, -0.2) is 43.8 Å². The fraction of sp³-hybridized carbons (Fsp3) is 0.611. The predicted molar refractivity (Wildman–Crippen MR) is 90.4 cm³/mol. The number of carbonyl (C=O) groups is 1. The largest absolute Gasteiger partial charge is 0.493 e. The van der Waals surface area contributed by atoms with Crippen molar-refractivity contribution in [1.82, 2.24) is 10.2 Å². The summed E-state index contributed by atoms with van der Waals surface area (Å²) in [7, 11) is 1.64. The molecule has 0 aliphatic carbocycles. The molecular formula is C18H26N2O4. The van der Waals surface area contributed by atoms with E-state index in [9.17, 15) is 4.79 Å². The van der Waals surface area contributed by atoms with E-state index in [4.69, 9.17) is 14.2 Å². The zero-order valence-corrected chi connectivity index (χ0v) is 14.6. The molecule has 24 heavy (non-hydrogen) atoms. The van der Waals surface area contributed by atoms with Crippen LogP contribution in [0.25, 0.3) is 0 Å². The molecule has 2 aliphatic heterocycles. The first-order chi connectivity index (χ1) is 11.6. The number of hydrogen-bond donors (Lipinski definition) is 1. The van der Waals surface area contributed by atoms with Crippen LogP contribution in [0.5, 0.6) is 17.2 Å². The first-order valence-electron chi connectivity index (χ1n) is 8.57. The van der Waals surface area contributed by atoms with E-state index in [-0.39, 0.29) is 12.7 Å². The number of fused-ring (bicyclic) bond motifs is 1. The first-order valence-corrected chi connectivity index (χ1v) is 8.57. The number of carbonyl (C=O) groups excluding carboxylic acids is 1. The van der Waals surface area contributed by atoms with E-state index < -0.39 is 0 Å². The fourth-order valence-corrected chi connectivity index (χ4v) is 3.54. The highest BCUT2D eigenvalue weighted by atomic mass is 16.7. The van der Waals surface area contributed by atoms with Crippen molar-refractivity contribution in [2.75, 3.05) is 27.0 Å². The number of benzene rings is 1. The molecule has 0 bridgehead atoms. The topological polar surface area (TPSA) is 60.0 Å². The van der Waals surface area contributed by atoms with Gasteiger partial charge >= 0.3 is 0 Å². The van der Waals surface area contributed by atoms with E-state index in [1.54, 1.807) is 14.0 Å². The SMILES string of the molecule is CCC1CN(C(C)=O)CCC1NCc1cc(OC)c2c(c1)OCO2. The van der Waals surface area contributed by atoms with Gasteiger partial charge in [0.25, 0.3) is 0 Å². The van der Waals surface area contributed by atoms with Crippen molar-refractivity contribution >= 4 is 5.91 Å². The lowest BCUT2D eigenvalue weighted by Crippen LogP contribution is -2.50.